The molecule has 5 nitrogen and oxygen atoms in total. The van der Waals surface area contributed by atoms with E-state index in [2.05, 4.69) is 10.3 Å². The third kappa shape index (κ3) is 2.85. The Morgan fingerprint density at radius 1 is 1.25 bits per heavy atom. The van der Waals surface area contributed by atoms with Gasteiger partial charge >= 0.3 is 0 Å². The molecule has 2 rings (SSSR count). The lowest BCUT2D eigenvalue weighted by atomic mass is 10.2. The minimum Gasteiger partial charge on any atom is -0.494 e. The Morgan fingerprint density at radius 3 is 2.70 bits per heavy atom. The molecule has 0 unspecified atom stereocenters. The van der Waals surface area contributed by atoms with Gasteiger partial charge in [-0.05, 0) is 30.3 Å². The number of halogens is 1. The number of hydrogen-bond donors (Lipinski definition) is 1. The topological polar surface area (TPSA) is 60.5 Å². The molecule has 1 aromatic heterocycles. The minimum atomic E-state index is -0.599. The van der Waals surface area contributed by atoms with Crippen LogP contribution in [-0.4, -0.2) is 25.1 Å². The van der Waals surface area contributed by atoms with E-state index in [4.69, 9.17) is 9.47 Å². The van der Waals surface area contributed by atoms with Crippen LogP contribution in [0.25, 0.3) is 0 Å². The number of anilines is 1. The molecule has 1 heterocycles. The highest BCUT2D eigenvalue weighted by atomic mass is 19.1. The maximum absolute atomic E-state index is 13.6. The van der Waals surface area contributed by atoms with Gasteiger partial charge in [0.15, 0.2) is 11.6 Å². The molecular weight excluding hydrogens is 263 g/mol. The molecule has 0 radical (unpaired) electrons. The van der Waals surface area contributed by atoms with Crippen molar-refractivity contribution in [3.63, 3.8) is 0 Å². The maximum atomic E-state index is 13.6. The molecule has 20 heavy (non-hydrogen) atoms. The molecule has 2 aromatic rings. The fourth-order valence-corrected chi connectivity index (χ4v) is 1.65. The zero-order valence-corrected chi connectivity index (χ0v) is 11.0. The Hall–Kier alpha value is -2.63. The number of rotatable bonds is 4. The first-order valence-electron chi connectivity index (χ1n) is 5.79. The molecule has 0 saturated carbocycles. The first-order chi connectivity index (χ1) is 9.65. The van der Waals surface area contributed by atoms with Crippen molar-refractivity contribution in [1.29, 1.82) is 0 Å². The summed E-state index contributed by atoms with van der Waals surface area (Å²) in [7, 11) is 2.81. The van der Waals surface area contributed by atoms with E-state index in [0.717, 1.165) is 6.07 Å². The van der Waals surface area contributed by atoms with Crippen molar-refractivity contribution in [2.45, 2.75) is 0 Å². The Bertz CT molecular complexity index is 632. The number of carbonyl (C=O) groups is 1. The van der Waals surface area contributed by atoms with Crippen LogP contribution in [0.1, 0.15) is 10.4 Å². The van der Waals surface area contributed by atoms with Gasteiger partial charge in [0.25, 0.3) is 5.91 Å². The second-order valence-corrected chi connectivity index (χ2v) is 3.86. The predicted octanol–water partition coefficient (Wildman–Crippen LogP) is 2.49. The largest absolute Gasteiger partial charge is 0.494 e. The van der Waals surface area contributed by atoms with Crippen molar-refractivity contribution in [1.82, 2.24) is 4.98 Å². The highest BCUT2D eigenvalue weighted by Gasteiger charge is 2.12. The summed E-state index contributed by atoms with van der Waals surface area (Å²) in [4.78, 5) is 16.0. The average molecular weight is 276 g/mol. The number of hydrogen-bond acceptors (Lipinski definition) is 4. The third-order valence-corrected chi connectivity index (χ3v) is 2.63. The van der Waals surface area contributed by atoms with Gasteiger partial charge in [0.2, 0.25) is 5.88 Å². The molecule has 0 spiro atoms. The second-order valence-electron chi connectivity index (χ2n) is 3.86. The first kappa shape index (κ1) is 13.8. The van der Waals surface area contributed by atoms with Crippen LogP contribution in [0.5, 0.6) is 11.6 Å². The van der Waals surface area contributed by atoms with Crippen LogP contribution in [-0.2, 0) is 0 Å². The molecule has 0 saturated heterocycles. The summed E-state index contributed by atoms with van der Waals surface area (Å²) in [5.74, 6) is -0.688. The molecule has 0 atom stereocenters. The standard InChI is InChI=1S/C14H13FN2O3/c1-19-12-6-5-9(8-10(12)15)13(18)17-11-4-3-7-16-14(11)20-2/h3-8H,1-2H3,(H,17,18). The molecule has 0 bridgehead atoms. The van der Waals surface area contributed by atoms with E-state index in [1.54, 1.807) is 18.3 Å². The highest BCUT2D eigenvalue weighted by molar-refractivity contribution is 6.04. The summed E-state index contributed by atoms with van der Waals surface area (Å²) in [6.45, 7) is 0. The molecule has 0 aliphatic heterocycles. The molecule has 1 aromatic carbocycles. The number of nitrogens with zero attached hydrogens (tertiary/aromatic N) is 1. The van der Waals surface area contributed by atoms with Crippen molar-refractivity contribution >= 4 is 11.6 Å². The Morgan fingerprint density at radius 2 is 2.05 bits per heavy atom. The number of aromatic nitrogens is 1. The van der Waals surface area contributed by atoms with Crippen LogP contribution in [0.15, 0.2) is 36.5 Å². The van der Waals surface area contributed by atoms with Crippen molar-refractivity contribution in [3.05, 3.63) is 47.9 Å². The summed E-state index contributed by atoms with van der Waals surface area (Å²) in [5, 5.41) is 2.61. The van der Waals surface area contributed by atoms with Crippen LogP contribution in [0, 0.1) is 5.82 Å². The lowest BCUT2D eigenvalue weighted by molar-refractivity contribution is 0.102. The molecule has 104 valence electrons. The number of amides is 1. The molecular formula is C14H13FN2O3. The van der Waals surface area contributed by atoms with Gasteiger partial charge in [-0.3, -0.25) is 4.79 Å². The van der Waals surface area contributed by atoms with E-state index in [9.17, 15) is 9.18 Å². The number of carbonyl (C=O) groups excluding carboxylic acids is 1. The smallest absolute Gasteiger partial charge is 0.255 e. The number of benzene rings is 1. The van der Waals surface area contributed by atoms with E-state index >= 15 is 0 Å². The number of pyridine rings is 1. The van der Waals surface area contributed by atoms with Crippen molar-refractivity contribution < 1.29 is 18.7 Å². The van der Waals surface area contributed by atoms with E-state index in [0.29, 0.717) is 5.69 Å². The van der Waals surface area contributed by atoms with Crippen LogP contribution in [0.3, 0.4) is 0 Å². The minimum absolute atomic E-state index is 0.0838. The molecule has 0 aliphatic rings. The number of ether oxygens (including phenoxy) is 2. The van der Waals surface area contributed by atoms with E-state index in [1.165, 1.54) is 26.4 Å². The third-order valence-electron chi connectivity index (χ3n) is 2.63. The van der Waals surface area contributed by atoms with Gasteiger partial charge in [0, 0.05) is 11.8 Å². The number of methoxy groups -OCH3 is 2. The lowest BCUT2D eigenvalue weighted by Crippen LogP contribution is -2.13. The average Bonchev–Trinajstić information content (AvgIpc) is 2.47. The van der Waals surface area contributed by atoms with Gasteiger partial charge in [0.05, 0.1) is 14.2 Å². The van der Waals surface area contributed by atoms with Gasteiger partial charge in [-0.25, -0.2) is 9.37 Å². The highest BCUT2D eigenvalue weighted by Crippen LogP contribution is 2.22. The predicted molar refractivity (Wildman–Crippen MR) is 71.7 cm³/mol. The van der Waals surface area contributed by atoms with Crippen LogP contribution in [0.2, 0.25) is 0 Å². The van der Waals surface area contributed by atoms with Crippen molar-refractivity contribution in [2.24, 2.45) is 0 Å². The summed E-state index contributed by atoms with van der Waals surface area (Å²) in [5.41, 5.74) is 0.588. The molecule has 0 aliphatic carbocycles. The Kier molecular flexibility index (Phi) is 4.14. The van der Waals surface area contributed by atoms with Gasteiger partial charge in [-0.1, -0.05) is 0 Å². The van der Waals surface area contributed by atoms with Crippen molar-refractivity contribution in [2.75, 3.05) is 19.5 Å². The molecule has 1 amide bonds. The normalized spacial score (nSPS) is 9.95. The van der Waals surface area contributed by atoms with Crippen molar-refractivity contribution in [3.8, 4) is 11.6 Å². The van der Waals surface area contributed by atoms with E-state index < -0.39 is 11.7 Å². The van der Waals surface area contributed by atoms with E-state index in [-0.39, 0.29) is 17.2 Å². The van der Waals surface area contributed by atoms with Crippen LogP contribution in [0.4, 0.5) is 10.1 Å². The fraction of sp³-hybridized carbons (Fsp3) is 0.143. The fourth-order valence-electron chi connectivity index (χ4n) is 1.65. The molecule has 6 heteroatoms. The molecule has 0 fully saturated rings. The van der Waals surface area contributed by atoms with Gasteiger partial charge in [0.1, 0.15) is 5.69 Å². The summed E-state index contributed by atoms with van der Waals surface area (Å²) < 4.78 is 23.4. The van der Waals surface area contributed by atoms with E-state index in [1.807, 2.05) is 0 Å². The maximum Gasteiger partial charge on any atom is 0.255 e. The second kappa shape index (κ2) is 6.01. The number of nitrogens with one attached hydrogen (secondary N) is 1. The monoisotopic (exact) mass is 276 g/mol. The SMILES string of the molecule is COc1ccc(C(=O)Nc2cccnc2OC)cc1F. The zero-order chi connectivity index (χ0) is 14.5. The lowest BCUT2D eigenvalue weighted by Gasteiger charge is -2.09. The van der Waals surface area contributed by atoms with Crippen LogP contribution < -0.4 is 14.8 Å². The first-order valence-corrected chi connectivity index (χ1v) is 5.79. The van der Waals surface area contributed by atoms with Gasteiger partial charge in [-0.2, -0.15) is 0 Å². The van der Waals surface area contributed by atoms with Gasteiger partial charge in [-0.15, -0.1) is 0 Å². The summed E-state index contributed by atoms with van der Waals surface area (Å²) in [6, 6.07) is 7.28. The van der Waals surface area contributed by atoms with Crippen LogP contribution >= 0.6 is 0 Å². The van der Waals surface area contributed by atoms with Gasteiger partial charge < -0.3 is 14.8 Å². The summed E-state index contributed by atoms with van der Waals surface area (Å²) in [6.07, 6.45) is 1.54. The molecule has 1 N–H and O–H groups in total. The zero-order valence-electron chi connectivity index (χ0n) is 11.0. The quantitative estimate of drug-likeness (QED) is 0.932. The Labute approximate surface area is 115 Å². The summed E-state index contributed by atoms with van der Waals surface area (Å²) >= 11 is 0. The Balaban J connectivity index is 2.22.